The number of nitrogens with zero attached hydrogens (tertiary/aromatic N) is 3. The highest BCUT2D eigenvalue weighted by molar-refractivity contribution is 6.04. The fourth-order valence-electron chi connectivity index (χ4n) is 3.74. The molecule has 182 valence electrons. The maximum absolute atomic E-state index is 13.5. The number of aliphatic carboxylic acids is 1. The number of carboxylic acids is 1. The van der Waals surface area contributed by atoms with Crippen molar-refractivity contribution in [3.63, 3.8) is 0 Å². The number of allylic oxidation sites excluding steroid dienone is 1. The topological polar surface area (TPSA) is 124 Å². The second-order valence-electron chi connectivity index (χ2n) is 7.41. The Balaban J connectivity index is 2.28. The number of esters is 1. The van der Waals surface area contributed by atoms with E-state index >= 15 is 0 Å². The normalized spacial score (nSPS) is 16.2. The summed E-state index contributed by atoms with van der Waals surface area (Å²) in [5.74, 6) is -2.29. The number of hydrogen-bond donors (Lipinski definition) is 2. The van der Waals surface area contributed by atoms with E-state index in [-0.39, 0.29) is 34.8 Å². The van der Waals surface area contributed by atoms with E-state index < -0.39 is 42.3 Å². The fraction of sp³-hybridized carbons (Fsp3) is 0.261. The molecule has 0 saturated heterocycles. The molecule has 2 heterocycles. The monoisotopic (exact) mass is 489 g/mol. The first-order valence-corrected chi connectivity index (χ1v) is 10.3. The van der Waals surface area contributed by atoms with Crippen LogP contribution in [0.4, 0.5) is 23.7 Å². The predicted molar refractivity (Wildman–Crippen MR) is 114 cm³/mol. The van der Waals surface area contributed by atoms with Gasteiger partial charge in [-0.15, -0.1) is 0 Å². The summed E-state index contributed by atoms with van der Waals surface area (Å²) in [5, 5.41) is 16.7. The molecule has 0 bridgehead atoms. The minimum Gasteiger partial charge on any atom is -0.480 e. The lowest BCUT2D eigenvalue weighted by molar-refractivity contribution is -0.141. The summed E-state index contributed by atoms with van der Waals surface area (Å²) in [6, 6.07) is 6.62. The van der Waals surface area contributed by atoms with E-state index in [4.69, 9.17) is 10.00 Å². The van der Waals surface area contributed by atoms with Gasteiger partial charge in [0, 0.05) is 11.9 Å². The van der Waals surface area contributed by atoms with Crippen molar-refractivity contribution >= 4 is 23.7 Å². The molecule has 1 aromatic heterocycles. The number of alkyl halides is 3. The molecule has 1 aliphatic rings. The predicted octanol–water partition coefficient (Wildman–Crippen LogP) is 2.13. The molecule has 2 aromatic rings. The van der Waals surface area contributed by atoms with Crippen LogP contribution in [0.15, 0.2) is 53.9 Å². The summed E-state index contributed by atoms with van der Waals surface area (Å²) in [5.41, 5.74) is -0.998. The van der Waals surface area contributed by atoms with Crippen molar-refractivity contribution in [1.82, 2.24) is 9.88 Å². The van der Waals surface area contributed by atoms with E-state index in [9.17, 15) is 32.7 Å². The molecule has 35 heavy (non-hydrogen) atoms. The van der Waals surface area contributed by atoms with Gasteiger partial charge in [0.2, 0.25) is 0 Å². The number of carbonyl (C=O) groups excluding carboxylic acids is 2. The highest BCUT2D eigenvalue weighted by Gasteiger charge is 2.44. The van der Waals surface area contributed by atoms with Gasteiger partial charge >= 0.3 is 30.2 Å². The van der Waals surface area contributed by atoms with E-state index in [1.54, 1.807) is 6.92 Å². The van der Waals surface area contributed by atoms with E-state index in [2.05, 4.69) is 11.1 Å². The minimum absolute atomic E-state index is 0.0258. The molecular weight excluding hydrogens is 469 g/mol. The van der Waals surface area contributed by atoms with Crippen molar-refractivity contribution < 1.29 is 42.7 Å². The van der Waals surface area contributed by atoms with Gasteiger partial charge in [-0.3, -0.25) is 9.69 Å². The van der Waals surface area contributed by atoms with Gasteiger partial charge in [-0.1, -0.05) is 17.4 Å². The van der Waals surface area contributed by atoms with Crippen molar-refractivity contribution in [3.8, 4) is 6.07 Å². The number of ether oxygens (including phenoxy) is 1. The zero-order valence-electron chi connectivity index (χ0n) is 18.6. The zero-order valence-corrected chi connectivity index (χ0v) is 18.6. The Hall–Kier alpha value is -4.40. The van der Waals surface area contributed by atoms with Gasteiger partial charge in [-0.05, 0) is 43.7 Å². The third kappa shape index (κ3) is 5.08. The molecule has 1 unspecified atom stereocenters. The van der Waals surface area contributed by atoms with Gasteiger partial charge in [0.05, 0.1) is 29.5 Å². The number of hydrogen-bond acceptors (Lipinski definition) is 5. The molecule has 2 N–H and O–H groups in total. The van der Waals surface area contributed by atoms with Crippen LogP contribution in [0.1, 0.15) is 36.7 Å². The Morgan fingerprint density at radius 1 is 1.26 bits per heavy atom. The molecule has 2 amide bonds. The van der Waals surface area contributed by atoms with Gasteiger partial charge in [0.1, 0.15) is 6.54 Å². The van der Waals surface area contributed by atoms with Crippen LogP contribution >= 0.6 is 0 Å². The third-order valence-electron chi connectivity index (χ3n) is 5.21. The molecule has 0 aliphatic carbocycles. The SMILES string of the molecule is CCOC(=O)C1=C(C)N(c2cccc(C(F)(F)F)c2)C(=O)N(CC(=O)O)C1c1ccc(C#[NH+])nc1. The van der Waals surface area contributed by atoms with Gasteiger partial charge in [0.15, 0.2) is 5.69 Å². The van der Waals surface area contributed by atoms with Crippen molar-refractivity contribution in [1.29, 1.82) is 0 Å². The molecule has 0 fully saturated rings. The Labute approximate surface area is 197 Å². The standard InChI is InChI=1S/C23H19F3N4O5/c1-3-35-21(33)19-13(2)30(17-6-4-5-15(9-17)23(24,25)26)22(34)29(12-18(31)32)20(19)14-7-8-16(10-27)28-11-14/h4-9,11,20H,3,12H2,1-2H3,(H,31,32)/p+1. The number of nitrogens with one attached hydrogen (secondary N) is 1. The summed E-state index contributed by atoms with van der Waals surface area (Å²) in [7, 11) is 0. The second-order valence-corrected chi connectivity index (χ2v) is 7.41. The number of rotatable bonds is 6. The average molecular weight is 489 g/mol. The number of carboxylic acid groups (broad SMARTS) is 1. The molecule has 12 heteroatoms. The number of carbonyl (C=O) groups is 3. The van der Waals surface area contributed by atoms with Crippen LogP contribution in [0.5, 0.6) is 0 Å². The number of anilines is 1. The summed E-state index contributed by atoms with van der Waals surface area (Å²) in [6.45, 7) is 2.00. The van der Waals surface area contributed by atoms with E-state index in [1.165, 1.54) is 31.3 Å². The van der Waals surface area contributed by atoms with Crippen molar-refractivity contribution in [3.05, 3.63) is 70.7 Å². The minimum atomic E-state index is -4.70. The Morgan fingerprint density at radius 3 is 2.51 bits per heavy atom. The van der Waals surface area contributed by atoms with E-state index in [0.717, 1.165) is 28.0 Å². The second kappa shape index (κ2) is 9.84. The average Bonchev–Trinajstić information content (AvgIpc) is 2.80. The van der Waals surface area contributed by atoms with Gasteiger partial charge < -0.3 is 14.7 Å². The summed E-state index contributed by atoms with van der Waals surface area (Å²) < 4.78 is 45.1. The summed E-state index contributed by atoms with van der Waals surface area (Å²) in [4.78, 5) is 43.9. The molecule has 3 rings (SSSR count). The fourth-order valence-corrected chi connectivity index (χ4v) is 3.74. The first-order valence-electron chi connectivity index (χ1n) is 10.3. The molecule has 9 nitrogen and oxygen atoms in total. The summed E-state index contributed by atoms with van der Waals surface area (Å²) in [6.07, 6.45) is -3.44. The lowest BCUT2D eigenvalue weighted by Crippen LogP contribution is -2.52. The Kier molecular flexibility index (Phi) is 7.09. The van der Waals surface area contributed by atoms with Gasteiger partial charge in [-0.25, -0.2) is 14.6 Å². The van der Waals surface area contributed by atoms with Crippen molar-refractivity contribution in [2.75, 3.05) is 18.1 Å². The first kappa shape index (κ1) is 25.2. The highest BCUT2D eigenvalue weighted by atomic mass is 19.4. The smallest absolute Gasteiger partial charge is 0.416 e. The first-order chi connectivity index (χ1) is 16.5. The number of benzene rings is 1. The Morgan fingerprint density at radius 2 is 1.97 bits per heavy atom. The quantitative estimate of drug-likeness (QED) is 0.600. The maximum atomic E-state index is 13.5. The lowest BCUT2D eigenvalue weighted by atomic mass is 9.93. The Bertz CT molecular complexity index is 1230. The molecule has 0 spiro atoms. The van der Waals surface area contributed by atoms with Gasteiger partial charge in [-0.2, -0.15) is 13.2 Å². The molecule has 1 aromatic carbocycles. The lowest BCUT2D eigenvalue weighted by Gasteiger charge is -2.42. The maximum Gasteiger partial charge on any atom is 0.416 e. The van der Waals surface area contributed by atoms with Crippen LogP contribution in [0, 0.1) is 6.07 Å². The molecule has 1 aliphatic heterocycles. The molecular formula is C23H20F3N4O5+. The summed E-state index contributed by atoms with van der Waals surface area (Å²) >= 11 is 0. The number of urea groups is 1. The van der Waals surface area contributed by atoms with Crippen molar-refractivity contribution in [2.45, 2.75) is 26.1 Å². The number of halogens is 3. The highest BCUT2D eigenvalue weighted by Crippen LogP contribution is 2.41. The van der Waals surface area contributed by atoms with E-state index in [0.29, 0.717) is 0 Å². The van der Waals surface area contributed by atoms with Crippen LogP contribution in [-0.2, 0) is 20.5 Å². The molecule has 0 saturated carbocycles. The van der Waals surface area contributed by atoms with Crippen LogP contribution < -0.4 is 10.2 Å². The number of amides is 2. The number of aromatic nitrogens is 1. The molecule has 0 radical (unpaired) electrons. The van der Waals surface area contributed by atoms with E-state index in [1.807, 2.05) is 0 Å². The largest absolute Gasteiger partial charge is 0.480 e. The third-order valence-corrected chi connectivity index (χ3v) is 5.21. The number of pyridine rings is 1. The zero-order chi connectivity index (χ0) is 25.9. The van der Waals surface area contributed by atoms with Crippen LogP contribution in [0.25, 0.3) is 0 Å². The van der Waals surface area contributed by atoms with Gasteiger partial charge in [0.25, 0.3) is 0 Å². The van der Waals surface area contributed by atoms with Crippen molar-refractivity contribution in [2.24, 2.45) is 0 Å². The van der Waals surface area contributed by atoms with Crippen LogP contribution in [0.3, 0.4) is 0 Å². The van der Waals surface area contributed by atoms with Crippen LogP contribution in [0.2, 0.25) is 0 Å². The van der Waals surface area contributed by atoms with Crippen LogP contribution in [-0.4, -0.2) is 46.1 Å². The molecule has 1 atom stereocenters.